The highest BCUT2D eigenvalue weighted by Crippen LogP contribution is 2.49. The summed E-state index contributed by atoms with van der Waals surface area (Å²) in [6, 6.07) is 1.68. The van der Waals surface area contributed by atoms with Crippen molar-refractivity contribution in [2.75, 3.05) is 36.5 Å². The summed E-state index contributed by atoms with van der Waals surface area (Å²) in [5.74, 6) is -0.917. The molecule has 0 spiro atoms. The summed E-state index contributed by atoms with van der Waals surface area (Å²) in [5.41, 5.74) is 1.99. The molecule has 2 unspecified atom stereocenters. The fourth-order valence-electron chi connectivity index (χ4n) is 4.57. The molecule has 0 radical (unpaired) electrons. The molecule has 1 saturated heterocycles. The van der Waals surface area contributed by atoms with E-state index in [2.05, 4.69) is 0 Å². The zero-order valence-electron chi connectivity index (χ0n) is 16.5. The number of benzene rings is 1. The Morgan fingerprint density at radius 1 is 1.21 bits per heavy atom. The van der Waals surface area contributed by atoms with E-state index in [1.807, 2.05) is 23.6 Å². The van der Waals surface area contributed by atoms with Crippen molar-refractivity contribution in [2.45, 2.75) is 38.8 Å². The molecule has 152 valence electrons. The van der Waals surface area contributed by atoms with Gasteiger partial charge in [0.25, 0.3) is 0 Å². The van der Waals surface area contributed by atoms with Crippen molar-refractivity contribution in [3.8, 4) is 5.75 Å². The Morgan fingerprint density at radius 3 is 2.39 bits per heavy atom. The molecule has 2 N–H and O–H groups in total. The number of halogens is 1. The molecule has 2 fully saturated rings. The number of carboxylic acids is 1. The summed E-state index contributed by atoms with van der Waals surface area (Å²) < 4.78 is 21.0. The average Bonchev–Trinajstić information content (AvgIpc) is 3.48. The Labute approximate surface area is 164 Å². The van der Waals surface area contributed by atoms with E-state index in [9.17, 15) is 15.0 Å². The Kier molecular flexibility index (Phi) is 4.73. The van der Waals surface area contributed by atoms with Gasteiger partial charge in [0.05, 0.1) is 31.0 Å². The molecule has 28 heavy (non-hydrogen) atoms. The Balaban J connectivity index is 1.84. The maximum Gasteiger partial charge on any atom is 0.333 e. The van der Waals surface area contributed by atoms with E-state index in [1.54, 1.807) is 6.08 Å². The third-order valence-corrected chi connectivity index (χ3v) is 6.14. The molecule has 2 heterocycles. The van der Waals surface area contributed by atoms with E-state index in [0.717, 1.165) is 18.5 Å². The molecule has 2 aliphatic heterocycles. The summed E-state index contributed by atoms with van der Waals surface area (Å²) >= 11 is 0. The van der Waals surface area contributed by atoms with Crippen molar-refractivity contribution in [1.82, 2.24) is 0 Å². The summed E-state index contributed by atoms with van der Waals surface area (Å²) in [6.45, 7) is 5.30. The number of fused-ring (bicyclic) bond motifs is 1. The molecule has 0 bridgehead atoms. The molecule has 0 amide bonds. The molecular weight excluding hydrogens is 363 g/mol. The van der Waals surface area contributed by atoms with Gasteiger partial charge in [-0.25, -0.2) is 9.18 Å². The van der Waals surface area contributed by atoms with E-state index in [0.29, 0.717) is 36.6 Å². The average molecular weight is 390 g/mol. The SMILES string of the molecule is COc1c(N2CC(C)C(O)C(C)C2)c(F)cc2c1N(C1CC1)CC(C(=O)O)=C2. The molecule has 1 aromatic carbocycles. The number of methoxy groups -OCH3 is 1. The minimum atomic E-state index is -0.979. The lowest BCUT2D eigenvalue weighted by molar-refractivity contribution is -0.132. The fraction of sp³-hybridized carbons (Fsp3) is 0.571. The number of nitrogens with zero attached hydrogens (tertiary/aromatic N) is 2. The lowest BCUT2D eigenvalue weighted by Crippen LogP contribution is -2.48. The topological polar surface area (TPSA) is 73.2 Å². The quantitative estimate of drug-likeness (QED) is 0.824. The monoisotopic (exact) mass is 390 g/mol. The highest BCUT2D eigenvalue weighted by atomic mass is 19.1. The van der Waals surface area contributed by atoms with E-state index >= 15 is 4.39 Å². The van der Waals surface area contributed by atoms with Crippen LogP contribution in [0.15, 0.2) is 11.6 Å². The smallest absolute Gasteiger partial charge is 0.333 e. The first-order valence-electron chi connectivity index (χ1n) is 9.85. The molecule has 3 aliphatic rings. The van der Waals surface area contributed by atoms with Crippen LogP contribution < -0.4 is 14.5 Å². The van der Waals surface area contributed by atoms with E-state index in [1.165, 1.54) is 13.2 Å². The highest BCUT2D eigenvalue weighted by Gasteiger charge is 2.39. The van der Waals surface area contributed by atoms with Gasteiger partial charge in [0.1, 0.15) is 5.69 Å². The van der Waals surface area contributed by atoms with Gasteiger partial charge in [-0.2, -0.15) is 0 Å². The molecule has 6 nitrogen and oxygen atoms in total. The normalized spacial score (nSPS) is 27.3. The molecule has 0 aromatic heterocycles. The van der Waals surface area contributed by atoms with Crippen molar-refractivity contribution in [2.24, 2.45) is 11.8 Å². The van der Waals surface area contributed by atoms with Crippen LogP contribution in [0.3, 0.4) is 0 Å². The number of anilines is 2. The highest BCUT2D eigenvalue weighted by molar-refractivity contribution is 5.98. The summed E-state index contributed by atoms with van der Waals surface area (Å²) in [5, 5.41) is 19.7. The Bertz CT molecular complexity index is 824. The summed E-state index contributed by atoms with van der Waals surface area (Å²) in [4.78, 5) is 15.6. The third-order valence-electron chi connectivity index (χ3n) is 6.14. The Morgan fingerprint density at radius 2 is 1.86 bits per heavy atom. The lowest BCUT2D eigenvalue weighted by atomic mass is 9.87. The number of carbonyl (C=O) groups is 1. The van der Waals surface area contributed by atoms with Crippen LogP contribution >= 0.6 is 0 Å². The van der Waals surface area contributed by atoms with Gasteiger partial charge in [0.2, 0.25) is 0 Å². The van der Waals surface area contributed by atoms with Gasteiger partial charge in [-0.1, -0.05) is 13.8 Å². The number of aliphatic hydroxyl groups excluding tert-OH is 1. The van der Waals surface area contributed by atoms with Gasteiger partial charge in [-0.15, -0.1) is 0 Å². The van der Waals surface area contributed by atoms with Crippen molar-refractivity contribution in [3.05, 3.63) is 23.0 Å². The van der Waals surface area contributed by atoms with Crippen LogP contribution in [0.25, 0.3) is 6.08 Å². The number of carboxylic acid groups (broad SMARTS) is 1. The molecule has 7 heteroatoms. The lowest BCUT2D eigenvalue weighted by Gasteiger charge is -2.41. The van der Waals surface area contributed by atoms with E-state index in [4.69, 9.17) is 4.74 Å². The van der Waals surface area contributed by atoms with Gasteiger partial charge in [0, 0.05) is 24.7 Å². The number of hydrogen-bond donors (Lipinski definition) is 2. The molecule has 2 atom stereocenters. The van der Waals surface area contributed by atoms with Crippen LogP contribution in [0.5, 0.6) is 5.75 Å². The van der Waals surface area contributed by atoms with Crippen LogP contribution in [0.2, 0.25) is 0 Å². The first-order chi connectivity index (χ1) is 13.3. The molecular formula is C21H27FN2O4. The number of aliphatic carboxylic acids is 1. The molecule has 1 aliphatic carbocycles. The minimum Gasteiger partial charge on any atom is -0.492 e. The summed E-state index contributed by atoms with van der Waals surface area (Å²) in [7, 11) is 1.53. The van der Waals surface area contributed by atoms with Crippen LogP contribution in [-0.2, 0) is 4.79 Å². The predicted octanol–water partition coefficient (Wildman–Crippen LogP) is 2.74. The minimum absolute atomic E-state index is 0.0157. The van der Waals surface area contributed by atoms with Gasteiger partial charge >= 0.3 is 5.97 Å². The van der Waals surface area contributed by atoms with Crippen molar-refractivity contribution >= 4 is 23.4 Å². The standard InChI is InChI=1S/C21H27FN2O4/c1-11-8-23(9-12(2)19(11)25)18-16(22)7-13-6-14(21(26)27)10-24(15-4-5-15)17(13)20(18)28-3/h6-7,11-12,15,19,25H,4-5,8-10H2,1-3H3,(H,26,27). The van der Waals surface area contributed by atoms with Crippen LogP contribution in [-0.4, -0.2) is 55.1 Å². The van der Waals surface area contributed by atoms with Crippen LogP contribution in [0, 0.1) is 17.7 Å². The number of piperidine rings is 1. The zero-order valence-corrected chi connectivity index (χ0v) is 16.5. The largest absolute Gasteiger partial charge is 0.492 e. The van der Waals surface area contributed by atoms with Gasteiger partial charge in [-0.3, -0.25) is 0 Å². The van der Waals surface area contributed by atoms with E-state index < -0.39 is 17.9 Å². The van der Waals surface area contributed by atoms with Crippen LogP contribution in [0.4, 0.5) is 15.8 Å². The summed E-state index contributed by atoms with van der Waals surface area (Å²) in [6.07, 6.45) is 3.13. The van der Waals surface area contributed by atoms with Gasteiger partial charge in [0.15, 0.2) is 11.6 Å². The van der Waals surface area contributed by atoms with Gasteiger partial charge < -0.3 is 24.7 Å². The Hall–Kier alpha value is -2.28. The van der Waals surface area contributed by atoms with Crippen molar-refractivity contribution in [3.63, 3.8) is 0 Å². The number of aliphatic hydroxyl groups is 1. The second-order valence-corrected chi connectivity index (χ2v) is 8.36. The first kappa shape index (κ1) is 19.1. The number of ether oxygens (including phenoxy) is 1. The molecule has 1 saturated carbocycles. The van der Waals surface area contributed by atoms with E-state index in [-0.39, 0.29) is 23.5 Å². The maximum absolute atomic E-state index is 15.3. The second-order valence-electron chi connectivity index (χ2n) is 8.36. The first-order valence-corrected chi connectivity index (χ1v) is 9.85. The second kappa shape index (κ2) is 6.95. The fourth-order valence-corrected chi connectivity index (χ4v) is 4.57. The van der Waals surface area contributed by atoms with Gasteiger partial charge in [-0.05, 0) is 36.8 Å². The van der Waals surface area contributed by atoms with Crippen molar-refractivity contribution in [1.29, 1.82) is 0 Å². The third kappa shape index (κ3) is 3.11. The van der Waals surface area contributed by atoms with Crippen molar-refractivity contribution < 1.29 is 24.1 Å². The predicted molar refractivity (Wildman–Crippen MR) is 105 cm³/mol. The molecule has 1 aromatic rings. The molecule has 4 rings (SSSR count). The number of hydrogen-bond acceptors (Lipinski definition) is 5. The maximum atomic E-state index is 15.3. The van der Waals surface area contributed by atoms with Crippen LogP contribution in [0.1, 0.15) is 32.3 Å². The zero-order chi connectivity index (χ0) is 20.2. The number of rotatable bonds is 4.